The predicted molar refractivity (Wildman–Crippen MR) is 134 cm³/mol. The summed E-state index contributed by atoms with van der Waals surface area (Å²) in [5.41, 5.74) is -1.02. The van der Waals surface area contributed by atoms with Gasteiger partial charge in [0.05, 0.1) is 43.6 Å². The molecule has 0 fully saturated rings. The van der Waals surface area contributed by atoms with Gasteiger partial charge in [0.25, 0.3) is 5.56 Å². The van der Waals surface area contributed by atoms with Crippen LogP contribution in [0.5, 0.6) is 5.88 Å². The number of benzene rings is 2. The van der Waals surface area contributed by atoms with E-state index in [2.05, 4.69) is 4.98 Å². The van der Waals surface area contributed by atoms with Crippen molar-refractivity contribution < 1.29 is 33.3 Å². The van der Waals surface area contributed by atoms with Gasteiger partial charge in [-0.1, -0.05) is 17.7 Å². The molecule has 0 saturated heterocycles. The zero-order chi connectivity index (χ0) is 28.3. The first-order valence-electron chi connectivity index (χ1n) is 11.5. The number of carbonyl (C=O) groups excluding carboxylic acids is 2. The molecule has 204 valence electrons. The molecule has 2 aromatic carbocycles. The minimum Gasteiger partial charge on any atom is -0.471 e. The van der Waals surface area contributed by atoms with Crippen LogP contribution in [-0.2, 0) is 13.2 Å². The fourth-order valence-corrected chi connectivity index (χ4v) is 4.09. The van der Waals surface area contributed by atoms with Crippen LogP contribution in [0.15, 0.2) is 52.3 Å². The van der Waals surface area contributed by atoms with Crippen molar-refractivity contribution in [3.63, 3.8) is 0 Å². The second-order valence-electron chi connectivity index (χ2n) is 8.33. The van der Waals surface area contributed by atoms with Gasteiger partial charge >= 0.3 is 5.69 Å². The van der Waals surface area contributed by atoms with Gasteiger partial charge in [-0.3, -0.25) is 19.0 Å². The molecule has 0 atom stereocenters. The third-order valence-electron chi connectivity index (χ3n) is 5.74. The Morgan fingerprint density at radius 3 is 2.26 bits per heavy atom. The fourth-order valence-electron chi connectivity index (χ4n) is 3.88. The molecule has 0 radical (unpaired) electrons. The van der Waals surface area contributed by atoms with Gasteiger partial charge in [-0.25, -0.2) is 27.7 Å². The number of aliphatic hydroxyl groups is 2. The van der Waals surface area contributed by atoms with Crippen LogP contribution < -0.4 is 16.0 Å². The van der Waals surface area contributed by atoms with E-state index in [-0.39, 0.29) is 48.5 Å². The molecular formula is C25H21ClF2N4O7. The summed E-state index contributed by atoms with van der Waals surface area (Å²) in [6, 6.07) is 7.30. The van der Waals surface area contributed by atoms with Crippen molar-refractivity contribution in [2.75, 3.05) is 13.2 Å². The van der Waals surface area contributed by atoms with Crippen molar-refractivity contribution in [1.29, 1.82) is 0 Å². The highest BCUT2D eigenvalue weighted by Crippen LogP contribution is 2.21. The van der Waals surface area contributed by atoms with Crippen molar-refractivity contribution in [2.24, 2.45) is 0 Å². The van der Waals surface area contributed by atoms with E-state index >= 15 is 0 Å². The third-order valence-corrected chi connectivity index (χ3v) is 6.06. The lowest BCUT2D eigenvalue weighted by atomic mass is 10.2. The van der Waals surface area contributed by atoms with Gasteiger partial charge in [0.2, 0.25) is 17.7 Å². The molecule has 2 aromatic heterocycles. The Morgan fingerprint density at radius 1 is 0.949 bits per heavy atom. The molecule has 14 heteroatoms. The fraction of sp³-hybridized carbons (Fsp3) is 0.240. The van der Waals surface area contributed by atoms with Crippen LogP contribution in [0.1, 0.15) is 33.6 Å². The van der Waals surface area contributed by atoms with Crippen molar-refractivity contribution in [3.05, 3.63) is 91.3 Å². The number of halogens is 3. The number of aliphatic hydroxyl groups excluding tert-OH is 2. The second kappa shape index (κ2) is 11.7. The summed E-state index contributed by atoms with van der Waals surface area (Å²) in [6.07, 6.45) is 0.408. The molecule has 0 bridgehead atoms. The smallest absolute Gasteiger partial charge is 0.342 e. The van der Waals surface area contributed by atoms with Gasteiger partial charge in [-0.05, 0) is 29.8 Å². The Balaban J connectivity index is 1.65. The molecule has 2 heterocycles. The summed E-state index contributed by atoms with van der Waals surface area (Å²) in [4.78, 5) is 54.8. The highest BCUT2D eigenvalue weighted by atomic mass is 35.5. The number of rotatable bonds is 9. The maximum Gasteiger partial charge on any atom is 0.342 e. The number of aromatic nitrogens is 4. The normalized spacial score (nSPS) is 11.2. The number of ether oxygens (including phenoxy) is 1. The molecule has 4 rings (SSSR count). The number of nitrogens with zero attached hydrogens (tertiary/aromatic N) is 4. The Labute approximate surface area is 223 Å². The SMILES string of the molecule is O=C(CCO)n1c(=O)n(C(=O)CCO)c2cc(Cn3cnc(OCc4ccc(F)cc4F)c(Cl)c3=O)ccc21. The predicted octanol–water partition coefficient (Wildman–Crippen LogP) is 1.96. The van der Waals surface area contributed by atoms with E-state index in [0.29, 0.717) is 11.6 Å². The van der Waals surface area contributed by atoms with E-state index in [9.17, 15) is 33.1 Å². The summed E-state index contributed by atoms with van der Waals surface area (Å²) < 4.78 is 34.9. The van der Waals surface area contributed by atoms with E-state index in [1.807, 2.05) is 0 Å². The topological polar surface area (TPSA) is 146 Å². The first-order valence-corrected chi connectivity index (χ1v) is 11.9. The van der Waals surface area contributed by atoms with E-state index in [4.69, 9.17) is 21.4 Å². The minimum atomic E-state index is -0.944. The number of fused-ring (bicyclic) bond motifs is 1. The first-order chi connectivity index (χ1) is 18.7. The highest BCUT2D eigenvalue weighted by Gasteiger charge is 2.22. The molecule has 0 unspecified atom stereocenters. The van der Waals surface area contributed by atoms with Crippen LogP contribution in [0, 0.1) is 11.6 Å². The average Bonchev–Trinajstić information content (AvgIpc) is 3.18. The van der Waals surface area contributed by atoms with Crippen molar-refractivity contribution >= 4 is 34.4 Å². The van der Waals surface area contributed by atoms with Crippen molar-refractivity contribution in [1.82, 2.24) is 18.7 Å². The number of imidazole rings is 1. The lowest BCUT2D eigenvalue weighted by Gasteiger charge is -2.11. The molecule has 11 nitrogen and oxygen atoms in total. The van der Waals surface area contributed by atoms with E-state index < -0.39 is 52.9 Å². The van der Waals surface area contributed by atoms with Gasteiger partial charge in [0, 0.05) is 11.6 Å². The zero-order valence-electron chi connectivity index (χ0n) is 20.1. The molecule has 39 heavy (non-hydrogen) atoms. The molecule has 2 N–H and O–H groups in total. The largest absolute Gasteiger partial charge is 0.471 e. The molecular weight excluding hydrogens is 542 g/mol. The van der Waals surface area contributed by atoms with Gasteiger partial charge in [-0.2, -0.15) is 0 Å². The first kappa shape index (κ1) is 27.8. The maximum absolute atomic E-state index is 13.9. The van der Waals surface area contributed by atoms with Crippen LogP contribution in [0.2, 0.25) is 5.02 Å². The van der Waals surface area contributed by atoms with Crippen LogP contribution in [-0.4, -0.2) is 53.9 Å². The Bertz CT molecular complexity index is 1700. The van der Waals surface area contributed by atoms with Crippen LogP contribution in [0.3, 0.4) is 0 Å². The summed E-state index contributed by atoms with van der Waals surface area (Å²) in [6.45, 7) is -1.49. The average molecular weight is 563 g/mol. The van der Waals surface area contributed by atoms with Crippen molar-refractivity contribution in [3.8, 4) is 5.88 Å². The Hall–Kier alpha value is -4.20. The van der Waals surface area contributed by atoms with Crippen LogP contribution >= 0.6 is 11.6 Å². The summed E-state index contributed by atoms with van der Waals surface area (Å²) >= 11 is 6.13. The standard InChI is InChI=1S/C25H21ClF2N4O7/c26-22-23(39-12-15-2-3-16(27)10-17(15)28)29-13-30(24(22)37)11-14-1-4-18-19(9-14)32(21(36)6-8-34)25(38)31(18)20(35)5-7-33/h1-4,9-10,13,33-34H,5-8,11-12H2. The third kappa shape index (κ3) is 5.65. The molecule has 0 aliphatic heterocycles. The Morgan fingerprint density at radius 2 is 1.62 bits per heavy atom. The van der Waals surface area contributed by atoms with Gasteiger partial charge in [-0.15, -0.1) is 0 Å². The molecule has 0 spiro atoms. The number of hydrogen-bond donors (Lipinski definition) is 2. The van der Waals surface area contributed by atoms with Crippen molar-refractivity contribution in [2.45, 2.75) is 26.0 Å². The molecule has 0 amide bonds. The highest BCUT2D eigenvalue weighted by molar-refractivity contribution is 6.31. The van der Waals surface area contributed by atoms with Gasteiger partial charge in [0.1, 0.15) is 24.6 Å². The van der Waals surface area contributed by atoms with E-state index in [1.54, 1.807) is 0 Å². The molecule has 0 aliphatic rings. The molecule has 4 aromatic rings. The van der Waals surface area contributed by atoms with E-state index in [1.165, 1.54) is 24.3 Å². The summed E-state index contributed by atoms with van der Waals surface area (Å²) in [5, 5.41) is 17.9. The van der Waals surface area contributed by atoms with E-state index in [0.717, 1.165) is 26.1 Å². The number of carbonyl (C=O) groups is 2. The monoisotopic (exact) mass is 562 g/mol. The quantitative estimate of drug-likeness (QED) is 0.315. The maximum atomic E-state index is 13.9. The molecule has 0 aliphatic carbocycles. The summed E-state index contributed by atoms with van der Waals surface area (Å²) in [7, 11) is 0. The van der Waals surface area contributed by atoms with Gasteiger partial charge < -0.3 is 14.9 Å². The lowest BCUT2D eigenvalue weighted by molar-refractivity contribution is 0.0863. The van der Waals surface area contributed by atoms with Crippen LogP contribution in [0.4, 0.5) is 8.78 Å². The number of hydrogen-bond acceptors (Lipinski definition) is 8. The van der Waals surface area contributed by atoms with Gasteiger partial charge in [0.15, 0.2) is 5.02 Å². The summed E-state index contributed by atoms with van der Waals surface area (Å²) in [5.74, 6) is -3.32. The molecule has 0 saturated carbocycles. The second-order valence-corrected chi connectivity index (χ2v) is 8.71. The minimum absolute atomic E-state index is 0.0259. The zero-order valence-corrected chi connectivity index (χ0v) is 20.9. The Kier molecular flexibility index (Phi) is 8.33. The lowest BCUT2D eigenvalue weighted by Crippen LogP contribution is -2.32. The van der Waals surface area contributed by atoms with Crippen LogP contribution in [0.25, 0.3) is 11.0 Å².